The molecule has 1 heterocycles. The van der Waals surface area contributed by atoms with Crippen molar-refractivity contribution in [2.24, 2.45) is 0 Å². The van der Waals surface area contributed by atoms with Gasteiger partial charge in [0.15, 0.2) is 5.69 Å². The van der Waals surface area contributed by atoms with Gasteiger partial charge >= 0.3 is 5.97 Å². The van der Waals surface area contributed by atoms with Crippen molar-refractivity contribution in [2.75, 3.05) is 7.11 Å². The molecule has 0 bridgehead atoms. The van der Waals surface area contributed by atoms with Crippen LogP contribution in [0.25, 0.3) is 10.4 Å². The van der Waals surface area contributed by atoms with E-state index in [-0.39, 0.29) is 16.3 Å². The Balaban J connectivity index is 2.64. The van der Waals surface area contributed by atoms with Crippen LogP contribution in [0.1, 0.15) is 15.5 Å². The van der Waals surface area contributed by atoms with E-state index < -0.39 is 11.8 Å². The fraction of sp³-hybridized carbons (Fsp3) is 0.167. The topological polar surface area (TPSA) is 39.2 Å². The van der Waals surface area contributed by atoms with Crippen LogP contribution in [0.3, 0.4) is 0 Å². The average molecular weight is 286 g/mol. The molecule has 0 N–H and O–H groups in total. The second-order valence-electron chi connectivity index (χ2n) is 3.50. The molecule has 0 atom stereocenters. The minimum Gasteiger partial charge on any atom is -0.464 e. The number of carbonyl (C=O) groups excluding carboxylic acids is 1. The van der Waals surface area contributed by atoms with Crippen molar-refractivity contribution in [3.8, 4) is 10.4 Å². The highest BCUT2D eigenvalue weighted by Gasteiger charge is 2.21. The van der Waals surface area contributed by atoms with Gasteiger partial charge in [0.1, 0.15) is 5.82 Å². The van der Waals surface area contributed by atoms with Crippen LogP contribution in [0.15, 0.2) is 18.2 Å². The number of hydrogen-bond acceptors (Lipinski definition) is 4. The molecule has 0 radical (unpaired) electrons. The molecule has 0 spiro atoms. The fourth-order valence-electron chi connectivity index (χ4n) is 1.52. The molecule has 0 aliphatic heterocycles. The molecule has 0 amide bonds. The monoisotopic (exact) mass is 285 g/mol. The number of nitrogens with zero attached hydrogens (tertiary/aromatic N) is 1. The van der Waals surface area contributed by atoms with Gasteiger partial charge in [-0.1, -0.05) is 23.7 Å². The van der Waals surface area contributed by atoms with E-state index in [1.54, 1.807) is 19.1 Å². The predicted octanol–water partition coefficient (Wildman–Crippen LogP) is 3.70. The number of thiazole rings is 1. The normalized spacial score (nSPS) is 10.4. The van der Waals surface area contributed by atoms with Gasteiger partial charge < -0.3 is 4.74 Å². The second-order valence-corrected chi connectivity index (χ2v) is 5.11. The maximum Gasteiger partial charge on any atom is 0.358 e. The van der Waals surface area contributed by atoms with Crippen molar-refractivity contribution in [2.45, 2.75) is 6.92 Å². The summed E-state index contributed by atoms with van der Waals surface area (Å²) in [6.07, 6.45) is 0. The lowest BCUT2D eigenvalue weighted by Gasteiger charge is -2.03. The van der Waals surface area contributed by atoms with Crippen LogP contribution in [0.5, 0.6) is 0 Å². The van der Waals surface area contributed by atoms with E-state index in [1.165, 1.54) is 24.5 Å². The molecular formula is C12H9ClFNO2S. The summed E-state index contributed by atoms with van der Waals surface area (Å²) in [5, 5.41) is 0.666. The minimum atomic E-state index is -0.589. The van der Waals surface area contributed by atoms with Gasteiger partial charge in [-0.15, -0.1) is 11.3 Å². The number of methoxy groups -OCH3 is 1. The van der Waals surface area contributed by atoms with Crippen molar-refractivity contribution >= 4 is 28.9 Å². The molecule has 2 aromatic rings. The summed E-state index contributed by atoms with van der Waals surface area (Å²) in [6.45, 7) is 1.74. The highest BCUT2D eigenvalue weighted by Crippen LogP contribution is 2.34. The van der Waals surface area contributed by atoms with E-state index in [0.717, 1.165) is 0 Å². The largest absolute Gasteiger partial charge is 0.464 e. The van der Waals surface area contributed by atoms with Gasteiger partial charge in [-0.05, 0) is 13.0 Å². The maximum atomic E-state index is 13.9. The quantitative estimate of drug-likeness (QED) is 0.790. The van der Waals surface area contributed by atoms with E-state index in [2.05, 4.69) is 9.72 Å². The standard InChI is InChI=1S/C12H9ClFNO2S/c1-6-15-10(12(16)17-2)11(18-6)7-4-3-5-8(13)9(7)14/h3-5H,1-2H3. The average Bonchev–Trinajstić information content (AvgIpc) is 2.73. The number of ether oxygens (including phenoxy) is 1. The molecule has 1 aromatic carbocycles. The molecule has 18 heavy (non-hydrogen) atoms. The zero-order valence-corrected chi connectivity index (χ0v) is 11.2. The van der Waals surface area contributed by atoms with E-state index in [4.69, 9.17) is 11.6 Å². The Hall–Kier alpha value is -1.46. The molecule has 1 aromatic heterocycles. The fourth-order valence-corrected chi connectivity index (χ4v) is 2.62. The number of aryl methyl sites for hydroxylation is 1. The third-order valence-corrected chi connectivity index (χ3v) is 3.61. The zero-order chi connectivity index (χ0) is 13.3. The summed E-state index contributed by atoms with van der Waals surface area (Å²) in [4.78, 5) is 16.1. The Bertz CT molecular complexity index is 612. The van der Waals surface area contributed by atoms with Gasteiger partial charge in [0.2, 0.25) is 0 Å². The number of benzene rings is 1. The third-order valence-electron chi connectivity index (χ3n) is 2.31. The van der Waals surface area contributed by atoms with Crippen molar-refractivity contribution in [3.63, 3.8) is 0 Å². The summed E-state index contributed by atoms with van der Waals surface area (Å²) in [5.41, 5.74) is 0.370. The first-order chi connectivity index (χ1) is 8.54. The molecule has 2 rings (SSSR count). The molecule has 0 saturated carbocycles. The summed E-state index contributed by atoms with van der Waals surface area (Å²) in [5.74, 6) is -1.15. The number of esters is 1. The van der Waals surface area contributed by atoms with Crippen molar-refractivity contribution < 1.29 is 13.9 Å². The number of halogens is 2. The van der Waals surface area contributed by atoms with Crippen LogP contribution in [-0.4, -0.2) is 18.1 Å². The van der Waals surface area contributed by atoms with E-state index in [9.17, 15) is 9.18 Å². The van der Waals surface area contributed by atoms with Gasteiger partial charge in [0.05, 0.1) is 22.0 Å². The first-order valence-electron chi connectivity index (χ1n) is 5.04. The predicted molar refractivity (Wildman–Crippen MR) is 68.6 cm³/mol. The minimum absolute atomic E-state index is 0.00867. The molecule has 0 saturated heterocycles. The van der Waals surface area contributed by atoms with E-state index >= 15 is 0 Å². The molecule has 0 aliphatic rings. The van der Waals surface area contributed by atoms with Crippen molar-refractivity contribution in [1.29, 1.82) is 0 Å². The molecular weight excluding hydrogens is 277 g/mol. The van der Waals surface area contributed by atoms with E-state index in [0.29, 0.717) is 9.88 Å². The number of hydrogen-bond donors (Lipinski definition) is 0. The van der Waals surface area contributed by atoms with Crippen molar-refractivity contribution in [3.05, 3.63) is 39.7 Å². The smallest absolute Gasteiger partial charge is 0.358 e. The molecule has 0 fully saturated rings. The lowest BCUT2D eigenvalue weighted by molar-refractivity contribution is 0.0595. The molecule has 0 aliphatic carbocycles. The summed E-state index contributed by atoms with van der Waals surface area (Å²) in [6, 6.07) is 4.63. The van der Waals surface area contributed by atoms with Crippen LogP contribution in [-0.2, 0) is 4.74 Å². The van der Waals surface area contributed by atoms with Gasteiger partial charge in [0.25, 0.3) is 0 Å². The summed E-state index contributed by atoms with van der Waals surface area (Å²) >= 11 is 6.95. The van der Waals surface area contributed by atoms with Gasteiger partial charge in [-0.3, -0.25) is 0 Å². The first kappa shape index (κ1) is 13.0. The van der Waals surface area contributed by atoms with Gasteiger partial charge in [-0.25, -0.2) is 14.2 Å². The lowest BCUT2D eigenvalue weighted by atomic mass is 10.1. The second kappa shape index (κ2) is 5.04. The Labute approximate surface area is 112 Å². The lowest BCUT2D eigenvalue weighted by Crippen LogP contribution is -2.03. The Kier molecular flexibility index (Phi) is 3.63. The van der Waals surface area contributed by atoms with Gasteiger partial charge in [0, 0.05) is 5.56 Å². The third kappa shape index (κ3) is 2.23. The summed E-state index contributed by atoms with van der Waals surface area (Å²) in [7, 11) is 1.26. The molecule has 6 heteroatoms. The van der Waals surface area contributed by atoms with Crippen molar-refractivity contribution in [1.82, 2.24) is 4.98 Å². The van der Waals surface area contributed by atoms with Crippen LogP contribution in [0.4, 0.5) is 4.39 Å². The van der Waals surface area contributed by atoms with Crippen LogP contribution < -0.4 is 0 Å². The van der Waals surface area contributed by atoms with Gasteiger partial charge in [-0.2, -0.15) is 0 Å². The summed E-state index contributed by atoms with van der Waals surface area (Å²) < 4.78 is 18.6. The Morgan fingerprint density at radius 1 is 1.50 bits per heavy atom. The SMILES string of the molecule is COC(=O)c1nc(C)sc1-c1cccc(Cl)c1F. The first-order valence-corrected chi connectivity index (χ1v) is 6.24. The van der Waals surface area contributed by atoms with Crippen LogP contribution in [0, 0.1) is 12.7 Å². The zero-order valence-electron chi connectivity index (χ0n) is 9.66. The van der Waals surface area contributed by atoms with Crippen LogP contribution in [0.2, 0.25) is 5.02 Å². The van der Waals surface area contributed by atoms with Crippen LogP contribution >= 0.6 is 22.9 Å². The highest BCUT2D eigenvalue weighted by atomic mass is 35.5. The maximum absolute atomic E-state index is 13.9. The number of rotatable bonds is 2. The molecule has 94 valence electrons. The highest BCUT2D eigenvalue weighted by molar-refractivity contribution is 7.15. The number of carbonyl (C=O) groups is 1. The van der Waals surface area contributed by atoms with E-state index in [1.807, 2.05) is 0 Å². The molecule has 0 unspecified atom stereocenters. The Morgan fingerprint density at radius 2 is 2.22 bits per heavy atom. The Morgan fingerprint density at radius 3 is 2.89 bits per heavy atom. The number of aromatic nitrogens is 1. The molecule has 3 nitrogen and oxygen atoms in total.